The van der Waals surface area contributed by atoms with E-state index in [0.29, 0.717) is 22.4 Å². The maximum atomic E-state index is 12.7. The van der Waals surface area contributed by atoms with Gasteiger partial charge in [0.25, 0.3) is 5.69 Å². The fourth-order valence-electron chi connectivity index (χ4n) is 3.22. The van der Waals surface area contributed by atoms with Crippen LogP contribution < -0.4 is 20.5 Å². The molecule has 0 bridgehead atoms. The van der Waals surface area contributed by atoms with Crippen LogP contribution in [0.4, 0.5) is 16.2 Å². The average molecular weight is 424 g/mol. The number of aromatic nitrogens is 1. The number of carbonyl (C=O) groups is 2. The lowest BCUT2D eigenvalue weighted by atomic mass is 10.0. The summed E-state index contributed by atoms with van der Waals surface area (Å²) < 4.78 is 15.9. The molecular formula is C20H16N4O7. The lowest BCUT2D eigenvalue weighted by Gasteiger charge is -2.14. The molecule has 1 aromatic heterocycles. The van der Waals surface area contributed by atoms with Gasteiger partial charge >= 0.3 is 12.0 Å². The third-order valence-electron chi connectivity index (χ3n) is 4.53. The van der Waals surface area contributed by atoms with Gasteiger partial charge in [0.2, 0.25) is 6.79 Å². The zero-order chi connectivity index (χ0) is 22.1. The number of urea groups is 1. The van der Waals surface area contributed by atoms with E-state index in [2.05, 4.69) is 10.3 Å². The van der Waals surface area contributed by atoms with Crippen LogP contribution in [-0.4, -0.2) is 35.3 Å². The standard InChI is InChI=1S/C20H16N4O7/c1-2-29-19(25)13-5-10-6-16-17(31-9-30-16)8-15(10)22-18(13)12-7-11(24(27)28)3-4-14(12)23-20(21)26/h3-8H,2,9H2,1H3,(H3,21,23,26). The normalized spacial score (nSPS) is 11.9. The number of esters is 1. The Morgan fingerprint density at radius 3 is 2.65 bits per heavy atom. The number of carbonyl (C=O) groups excluding carboxylic acids is 2. The molecule has 3 aromatic rings. The zero-order valence-corrected chi connectivity index (χ0v) is 16.2. The summed E-state index contributed by atoms with van der Waals surface area (Å²) in [6, 6.07) is 7.70. The quantitative estimate of drug-likeness (QED) is 0.359. The van der Waals surface area contributed by atoms with Gasteiger partial charge < -0.3 is 25.3 Å². The van der Waals surface area contributed by atoms with Gasteiger partial charge in [-0.25, -0.2) is 14.6 Å². The number of nitro benzene ring substituents is 1. The number of anilines is 1. The summed E-state index contributed by atoms with van der Waals surface area (Å²) >= 11 is 0. The molecule has 0 atom stereocenters. The molecule has 2 heterocycles. The number of rotatable bonds is 5. The van der Waals surface area contributed by atoms with Crippen molar-refractivity contribution in [3.63, 3.8) is 0 Å². The number of hydrogen-bond donors (Lipinski definition) is 2. The highest BCUT2D eigenvalue weighted by atomic mass is 16.7. The minimum atomic E-state index is -0.878. The van der Waals surface area contributed by atoms with E-state index in [4.69, 9.17) is 19.9 Å². The summed E-state index contributed by atoms with van der Waals surface area (Å²) in [6.45, 7) is 1.82. The number of amides is 2. The molecule has 0 spiro atoms. The molecule has 3 N–H and O–H groups in total. The Hall–Kier alpha value is -4.41. The Kier molecular flexibility index (Phi) is 4.99. The summed E-state index contributed by atoms with van der Waals surface area (Å²) in [6.07, 6.45) is 0. The number of nitrogens with zero attached hydrogens (tertiary/aromatic N) is 2. The summed E-state index contributed by atoms with van der Waals surface area (Å²) in [5.41, 5.74) is 5.85. The van der Waals surface area contributed by atoms with Crippen molar-refractivity contribution in [1.82, 2.24) is 4.98 Å². The number of primary amides is 1. The first-order valence-electron chi connectivity index (χ1n) is 9.14. The van der Waals surface area contributed by atoms with Gasteiger partial charge in [0, 0.05) is 29.1 Å². The molecule has 0 radical (unpaired) electrons. The molecule has 11 nitrogen and oxygen atoms in total. The Labute approximate surface area is 174 Å². The van der Waals surface area contributed by atoms with Crippen LogP contribution in [0.15, 0.2) is 36.4 Å². The monoisotopic (exact) mass is 424 g/mol. The third-order valence-corrected chi connectivity index (χ3v) is 4.53. The summed E-state index contributed by atoms with van der Waals surface area (Å²) in [4.78, 5) is 39.4. The minimum Gasteiger partial charge on any atom is -0.462 e. The molecule has 4 rings (SSSR count). The van der Waals surface area contributed by atoms with E-state index in [1.807, 2.05) is 0 Å². The van der Waals surface area contributed by atoms with Crippen molar-refractivity contribution in [2.24, 2.45) is 5.73 Å². The van der Waals surface area contributed by atoms with Crippen LogP contribution in [0.25, 0.3) is 22.2 Å². The molecule has 2 aromatic carbocycles. The number of nitrogens with two attached hydrogens (primary N) is 1. The first-order chi connectivity index (χ1) is 14.9. The predicted molar refractivity (Wildman–Crippen MR) is 109 cm³/mol. The van der Waals surface area contributed by atoms with Gasteiger partial charge in [-0.15, -0.1) is 0 Å². The maximum absolute atomic E-state index is 12.7. The number of non-ortho nitro benzene ring substituents is 1. The van der Waals surface area contributed by atoms with Crippen LogP contribution in [0.1, 0.15) is 17.3 Å². The smallest absolute Gasteiger partial charge is 0.340 e. The zero-order valence-electron chi connectivity index (χ0n) is 16.2. The van der Waals surface area contributed by atoms with E-state index in [9.17, 15) is 19.7 Å². The highest BCUT2D eigenvalue weighted by Gasteiger charge is 2.24. The van der Waals surface area contributed by atoms with Crippen LogP contribution in [0.3, 0.4) is 0 Å². The molecule has 1 aliphatic rings. The lowest BCUT2D eigenvalue weighted by Crippen LogP contribution is -2.20. The van der Waals surface area contributed by atoms with E-state index in [0.717, 1.165) is 0 Å². The van der Waals surface area contributed by atoms with Crippen molar-refractivity contribution in [2.75, 3.05) is 18.7 Å². The topological polar surface area (TPSA) is 156 Å². The fourth-order valence-corrected chi connectivity index (χ4v) is 3.22. The number of hydrogen-bond acceptors (Lipinski definition) is 8. The summed E-state index contributed by atoms with van der Waals surface area (Å²) in [7, 11) is 0. The van der Waals surface area contributed by atoms with Gasteiger partial charge in [0.05, 0.1) is 34.0 Å². The van der Waals surface area contributed by atoms with Gasteiger partial charge in [0.15, 0.2) is 11.5 Å². The third kappa shape index (κ3) is 3.75. The molecule has 0 saturated carbocycles. The highest BCUT2D eigenvalue weighted by Crippen LogP contribution is 2.39. The minimum absolute atomic E-state index is 0.0564. The molecule has 0 saturated heterocycles. The molecular weight excluding hydrogens is 408 g/mol. The van der Waals surface area contributed by atoms with Crippen LogP contribution >= 0.6 is 0 Å². The Balaban J connectivity index is 2.00. The van der Waals surface area contributed by atoms with Gasteiger partial charge in [-0.1, -0.05) is 0 Å². The highest BCUT2D eigenvalue weighted by molar-refractivity contribution is 6.04. The Bertz CT molecular complexity index is 1240. The number of benzene rings is 2. The van der Waals surface area contributed by atoms with Gasteiger partial charge in [-0.05, 0) is 25.1 Å². The second kappa shape index (κ2) is 7.78. The van der Waals surface area contributed by atoms with Crippen molar-refractivity contribution in [2.45, 2.75) is 6.92 Å². The molecule has 0 unspecified atom stereocenters. The van der Waals surface area contributed by atoms with Crippen molar-refractivity contribution in [1.29, 1.82) is 0 Å². The van der Waals surface area contributed by atoms with E-state index < -0.39 is 16.9 Å². The van der Waals surface area contributed by atoms with E-state index in [-0.39, 0.29) is 41.6 Å². The molecule has 11 heteroatoms. The number of nitro groups is 1. The molecule has 1 aliphatic heterocycles. The average Bonchev–Trinajstić information content (AvgIpc) is 3.18. The maximum Gasteiger partial charge on any atom is 0.340 e. The van der Waals surface area contributed by atoms with E-state index >= 15 is 0 Å². The number of nitrogens with one attached hydrogen (secondary N) is 1. The van der Waals surface area contributed by atoms with Crippen molar-refractivity contribution >= 4 is 34.3 Å². The molecule has 31 heavy (non-hydrogen) atoms. The van der Waals surface area contributed by atoms with Gasteiger partial charge in [-0.3, -0.25) is 10.1 Å². The number of fused-ring (bicyclic) bond motifs is 2. The number of ether oxygens (including phenoxy) is 3. The fraction of sp³-hybridized carbons (Fsp3) is 0.150. The summed E-state index contributed by atoms with van der Waals surface area (Å²) in [5, 5.41) is 14.3. The lowest BCUT2D eigenvalue weighted by molar-refractivity contribution is -0.384. The van der Waals surface area contributed by atoms with Crippen molar-refractivity contribution in [3.8, 4) is 22.8 Å². The SMILES string of the molecule is CCOC(=O)c1cc2cc3c(cc2nc1-c1cc([N+](=O)[O-])ccc1NC(N)=O)OCO3. The molecule has 0 fully saturated rings. The molecule has 158 valence electrons. The van der Waals surface area contributed by atoms with Crippen LogP contribution in [-0.2, 0) is 4.74 Å². The second-order valence-corrected chi connectivity index (χ2v) is 6.48. The summed E-state index contributed by atoms with van der Waals surface area (Å²) in [5.74, 6) is 0.300. The van der Waals surface area contributed by atoms with Gasteiger partial charge in [-0.2, -0.15) is 0 Å². The predicted octanol–water partition coefficient (Wildman–Crippen LogP) is 3.21. The Morgan fingerprint density at radius 1 is 1.23 bits per heavy atom. The first-order valence-corrected chi connectivity index (χ1v) is 9.14. The number of pyridine rings is 1. The van der Waals surface area contributed by atoms with Crippen molar-refractivity contribution in [3.05, 3.63) is 52.1 Å². The van der Waals surface area contributed by atoms with E-state index in [1.165, 1.54) is 18.2 Å². The molecule has 2 amide bonds. The van der Waals surface area contributed by atoms with E-state index in [1.54, 1.807) is 25.1 Å². The van der Waals surface area contributed by atoms with Gasteiger partial charge in [0.1, 0.15) is 0 Å². The van der Waals surface area contributed by atoms with Crippen LogP contribution in [0, 0.1) is 10.1 Å². The first kappa shape index (κ1) is 19.9. The van der Waals surface area contributed by atoms with Crippen LogP contribution in [0.5, 0.6) is 11.5 Å². The second-order valence-electron chi connectivity index (χ2n) is 6.48. The Morgan fingerprint density at radius 2 is 1.97 bits per heavy atom. The van der Waals surface area contributed by atoms with Crippen LogP contribution in [0.2, 0.25) is 0 Å². The largest absolute Gasteiger partial charge is 0.462 e. The molecule has 0 aliphatic carbocycles. The van der Waals surface area contributed by atoms with Crippen molar-refractivity contribution < 1.29 is 28.7 Å².